The van der Waals surface area contributed by atoms with Gasteiger partial charge >= 0.3 is 0 Å². The Morgan fingerprint density at radius 1 is 1.22 bits per heavy atom. The van der Waals surface area contributed by atoms with E-state index >= 15 is 0 Å². The van der Waals surface area contributed by atoms with Crippen LogP contribution in [0.3, 0.4) is 0 Å². The van der Waals surface area contributed by atoms with Crippen LogP contribution in [0.1, 0.15) is 25.8 Å². The molecule has 0 N–H and O–H groups in total. The molecule has 1 aromatic carbocycles. The first-order valence-corrected chi connectivity index (χ1v) is 8.91. The van der Waals surface area contributed by atoms with Crippen LogP contribution in [0.25, 0.3) is 6.08 Å². The molecule has 0 saturated heterocycles. The summed E-state index contributed by atoms with van der Waals surface area (Å²) >= 11 is 25.7. The third kappa shape index (κ3) is 4.35. The minimum atomic E-state index is -1.09. The molecule has 2 rings (SSSR count). The van der Waals surface area contributed by atoms with Crippen molar-refractivity contribution in [1.29, 1.82) is 0 Å². The molecule has 1 aromatic rings. The molecule has 3 unspecified atom stereocenters. The third-order valence-electron chi connectivity index (χ3n) is 3.72. The smallest absolute Gasteiger partial charge is 0.129 e. The average Bonchev–Trinajstić information content (AvgIpc) is 2.56. The van der Waals surface area contributed by atoms with Gasteiger partial charge in [0.15, 0.2) is 0 Å². The van der Waals surface area contributed by atoms with E-state index in [-0.39, 0.29) is 6.10 Å². The SMILES string of the molecule is CCC(C)OC1C(Cl)=C(Cl)C=C(Cl)C1(Cl)/C=C/c1ccccc1. The van der Waals surface area contributed by atoms with Crippen molar-refractivity contribution in [3.8, 4) is 0 Å². The van der Waals surface area contributed by atoms with Gasteiger partial charge in [-0.15, -0.1) is 11.6 Å². The second-order valence-electron chi connectivity index (χ2n) is 5.44. The Morgan fingerprint density at radius 2 is 1.87 bits per heavy atom. The largest absolute Gasteiger partial charge is 0.367 e. The first kappa shape index (κ1) is 18.9. The Hall–Kier alpha value is -0.440. The van der Waals surface area contributed by atoms with Crippen LogP contribution >= 0.6 is 46.4 Å². The lowest BCUT2D eigenvalue weighted by Gasteiger charge is -2.37. The van der Waals surface area contributed by atoms with Gasteiger partial charge in [-0.1, -0.05) is 84.2 Å². The first-order valence-electron chi connectivity index (χ1n) is 7.40. The van der Waals surface area contributed by atoms with E-state index < -0.39 is 11.0 Å². The first-order chi connectivity index (χ1) is 10.9. The molecule has 5 heteroatoms. The molecule has 3 atom stereocenters. The summed E-state index contributed by atoms with van der Waals surface area (Å²) in [5, 5.41) is 1.10. The standard InChI is InChI=1S/C18H18Cl4O/c1-3-12(2)23-17-16(21)14(19)11-15(20)18(17,22)10-9-13-7-5-4-6-8-13/h4-12,17H,3H2,1-2H3/b10-9+. The van der Waals surface area contributed by atoms with Crippen molar-refractivity contribution in [3.05, 3.63) is 63.1 Å². The van der Waals surface area contributed by atoms with Crippen LogP contribution in [0, 0.1) is 0 Å². The minimum absolute atomic E-state index is 0.0240. The number of hydrogen-bond acceptors (Lipinski definition) is 1. The molecule has 0 saturated carbocycles. The van der Waals surface area contributed by atoms with Crippen LogP contribution in [0.15, 0.2) is 57.6 Å². The van der Waals surface area contributed by atoms with E-state index in [2.05, 4.69) is 0 Å². The number of benzene rings is 1. The van der Waals surface area contributed by atoms with Crippen molar-refractivity contribution < 1.29 is 4.74 Å². The zero-order valence-electron chi connectivity index (χ0n) is 12.9. The van der Waals surface area contributed by atoms with E-state index in [1.807, 2.05) is 56.3 Å². The van der Waals surface area contributed by atoms with Gasteiger partial charge in [0.05, 0.1) is 16.2 Å². The van der Waals surface area contributed by atoms with Crippen molar-refractivity contribution in [1.82, 2.24) is 0 Å². The summed E-state index contributed by atoms with van der Waals surface area (Å²) in [6.07, 6.45) is 5.45. The fourth-order valence-electron chi connectivity index (χ4n) is 2.16. The Morgan fingerprint density at radius 3 is 2.48 bits per heavy atom. The van der Waals surface area contributed by atoms with Crippen molar-refractivity contribution in [2.24, 2.45) is 0 Å². The Bertz CT molecular complexity index is 636. The maximum atomic E-state index is 6.81. The Balaban J connectivity index is 2.38. The third-order valence-corrected chi connectivity index (χ3v) is 5.58. The fourth-order valence-corrected chi connectivity index (χ4v) is 3.31. The topological polar surface area (TPSA) is 9.23 Å². The van der Waals surface area contributed by atoms with Crippen molar-refractivity contribution in [2.45, 2.75) is 37.4 Å². The molecule has 1 aliphatic rings. The lowest BCUT2D eigenvalue weighted by molar-refractivity contribution is 0.0118. The molecule has 124 valence electrons. The van der Waals surface area contributed by atoms with Gasteiger partial charge in [0.2, 0.25) is 0 Å². The highest BCUT2D eigenvalue weighted by Gasteiger charge is 2.44. The van der Waals surface area contributed by atoms with Crippen LogP contribution in [0.4, 0.5) is 0 Å². The summed E-state index contributed by atoms with van der Waals surface area (Å²) in [4.78, 5) is -1.09. The molecular weight excluding hydrogens is 374 g/mol. The summed E-state index contributed by atoms with van der Waals surface area (Å²) in [6.45, 7) is 3.99. The van der Waals surface area contributed by atoms with E-state index in [9.17, 15) is 0 Å². The molecule has 0 fully saturated rings. The number of ether oxygens (including phenoxy) is 1. The normalized spacial score (nSPS) is 26.5. The predicted octanol–water partition coefficient (Wildman–Crippen LogP) is 6.69. The van der Waals surface area contributed by atoms with Gasteiger partial charge in [0.25, 0.3) is 0 Å². The number of hydrogen-bond donors (Lipinski definition) is 0. The number of alkyl halides is 1. The van der Waals surface area contributed by atoms with Crippen molar-refractivity contribution >= 4 is 52.5 Å². The average molecular weight is 392 g/mol. The van der Waals surface area contributed by atoms with Crippen LogP contribution in [0.5, 0.6) is 0 Å². The van der Waals surface area contributed by atoms with Crippen LogP contribution in [-0.4, -0.2) is 17.1 Å². The molecule has 0 amide bonds. The zero-order valence-corrected chi connectivity index (χ0v) is 15.9. The second kappa shape index (κ2) is 8.09. The summed E-state index contributed by atoms with van der Waals surface area (Å²) < 4.78 is 6.01. The molecule has 0 radical (unpaired) electrons. The molecule has 0 aromatic heterocycles. The quantitative estimate of drug-likeness (QED) is 0.508. The lowest BCUT2D eigenvalue weighted by Crippen LogP contribution is -2.42. The monoisotopic (exact) mass is 390 g/mol. The van der Waals surface area contributed by atoms with Crippen molar-refractivity contribution in [2.75, 3.05) is 0 Å². The van der Waals surface area contributed by atoms with Gasteiger partial charge in [-0.2, -0.15) is 0 Å². The summed E-state index contributed by atoms with van der Waals surface area (Å²) in [5.74, 6) is 0. The maximum Gasteiger partial charge on any atom is 0.129 e. The van der Waals surface area contributed by atoms with E-state index in [1.165, 1.54) is 0 Å². The van der Waals surface area contributed by atoms with Gasteiger partial charge in [-0.05, 0) is 25.0 Å². The van der Waals surface area contributed by atoms with Gasteiger partial charge in [0.1, 0.15) is 11.0 Å². The van der Waals surface area contributed by atoms with Gasteiger partial charge in [0, 0.05) is 5.03 Å². The molecule has 1 nitrogen and oxygen atoms in total. The highest BCUT2D eigenvalue weighted by atomic mass is 35.5. The van der Waals surface area contributed by atoms with E-state index in [0.29, 0.717) is 15.1 Å². The summed E-state index contributed by atoms with van der Waals surface area (Å²) in [7, 11) is 0. The number of allylic oxidation sites excluding steroid dienone is 2. The van der Waals surface area contributed by atoms with Crippen LogP contribution in [0.2, 0.25) is 0 Å². The van der Waals surface area contributed by atoms with Gasteiger partial charge in [-0.25, -0.2) is 0 Å². The van der Waals surface area contributed by atoms with E-state index in [0.717, 1.165) is 12.0 Å². The van der Waals surface area contributed by atoms with E-state index in [1.54, 1.807) is 6.08 Å². The Kier molecular flexibility index (Phi) is 6.65. The molecule has 0 spiro atoms. The molecule has 23 heavy (non-hydrogen) atoms. The Labute approximate surface area is 157 Å². The summed E-state index contributed by atoms with van der Waals surface area (Å²) in [6, 6.07) is 9.82. The second-order valence-corrected chi connectivity index (χ2v) is 7.28. The predicted molar refractivity (Wildman–Crippen MR) is 101 cm³/mol. The lowest BCUT2D eigenvalue weighted by atomic mass is 9.94. The van der Waals surface area contributed by atoms with E-state index in [4.69, 9.17) is 51.1 Å². The molecule has 0 aliphatic heterocycles. The van der Waals surface area contributed by atoms with Crippen LogP contribution in [-0.2, 0) is 4.74 Å². The molecular formula is C18H18Cl4O. The number of rotatable bonds is 5. The van der Waals surface area contributed by atoms with Crippen LogP contribution < -0.4 is 0 Å². The molecule has 0 bridgehead atoms. The summed E-state index contributed by atoms with van der Waals surface area (Å²) in [5.41, 5.74) is 1.01. The van der Waals surface area contributed by atoms with Crippen molar-refractivity contribution in [3.63, 3.8) is 0 Å². The molecule has 0 heterocycles. The van der Waals surface area contributed by atoms with Gasteiger partial charge in [-0.3, -0.25) is 0 Å². The maximum absolute atomic E-state index is 6.81. The minimum Gasteiger partial charge on any atom is -0.367 e. The molecule has 1 aliphatic carbocycles. The zero-order chi connectivity index (χ0) is 17.0. The highest BCUT2D eigenvalue weighted by molar-refractivity contribution is 6.46. The number of halogens is 4. The fraction of sp³-hybridized carbons (Fsp3) is 0.333. The van der Waals surface area contributed by atoms with Gasteiger partial charge < -0.3 is 4.74 Å². The highest BCUT2D eigenvalue weighted by Crippen LogP contribution is 2.46.